The SMILES string of the molecule is CCCC1CCC2C1C1C2C2C1C2C(C(C)C(C)C)C1(C)CCCC1C. The molecule has 5 aliphatic carbocycles. The Morgan fingerprint density at radius 3 is 2.27 bits per heavy atom. The molecule has 148 valence electrons. The number of rotatable bonds is 6. The summed E-state index contributed by atoms with van der Waals surface area (Å²) in [6.07, 6.45) is 10.7. The largest absolute Gasteiger partial charge is 0.0654 e. The van der Waals surface area contributed by atoms with Crippen LogP contribution in [0.5, 0.6) is 0 Å². The topological polar surface area (TPSA) is 0 Å². The van der Waals surface area contributed by atoms with Crippen LogP contribution < -0.4 is 0 Å². The lowest BCUT2D eigenvalue weighted by Crippen LogP contribution is -2.54. The first-order chi connectivity index (χ1) is 12.4. The van der Waals surface area contributed by atoms with Crippen molar-refractivity contribution in [2.45, 2.75) is 86.5 Å². The molecule has 0 bridgehead atoms. The van der Waals surface area contributed by atoms with Gasteiger partial charge in [-0.15, -0.1) is 0 Å². The van der Waals surface area contributed by atoms with Crippen molar-refractivity contribution >= 4 is 0 Å². The van der Waals surface area contributed by atoms with E-state index in [9.17, 15) is 0 Å². The van der Waals surface area contributed by atoms with Crippen LogP contribution in [0.25, 0.3) is 0 Å². The molecule has 0 aliphatic heterocycles. The van der Waals surface area contributed by atoms with Gasteiger partial charge in [-0.25, -0.2) is 0 Å². The molecule has 12 unspecified atom stereocenters. The average molecular weight is 357 g/mol. The van der Waals surface area contributed by atoms with Gasteiger partial charge in [-0.1, -0.05) is 67.2 Å². The summed E-state index contributed by atoms with van der Waals surface area (Å²) in [7, 11) is 0. The molecule has 12 atom stereocenters. The Morgan fingerprint density at radius 2 is 1.65 bits per heavy atom. The normalized spacial score (nSPS) is 56.2. The first-order valence-electron chi connectivity index (χ1n) is 12.4. The fraction of sp³-hybridized carbons (Fsp3) is 1.00. The molecule has 5 rings (SSSR count). The minimum absolute atomic E-state index is 0.642. The second kappa shape index (κ2) is 6.00. The highest BCUT2D eigenvalue weighted by Gasteiger charge is 2.81. The minimum atomic E-state index is 0.642. The zero-order valence-electron chi connectivity index (χ0n) is 18.4. The van der Waals surface area contributed by atoms with E-state index in [4.69, 9.17) is 0 Å². The van der Waals surface area contributed by atoms with Crippen molar-refractivity contribution in [3.63, 3.8) is 0 Å². The zero-order valence-corrected chi connectivity index (χ0v) is 18.4. The van der Waals surface area contributed by atoms with Crippen LogP contribution in [-0.2, 0) is 0 Å². The van der Waals surface area contributed by atoms with E-state index in [-0.39, 0.29) is 0 Å². The summed E-state index contributed by atoms with van der Waals surface area (Å²) in [5.74, 6) is 13.1. The van der Waals surface area contributed by atoms with Gasteiger partial charge >= 0.3 is 0 Å². The van der Waals surface area contributed by atoms with E-state index in [2.05, 4.69) is 41.5 Å². The van der Waals surface area contributed by atoms with Gasteiger partial charge in [-0.2, -0.15) is 0 Å². The van der Waals surface area contributed by atoms with Gasteiger partial charge in [-0.3, -0.25) is 0 Å². The van der Waals surface area contributed by atoms with Crippen molar-refractivity contribution in [2.75, 3.05) is 0 Å². The van der Waals surface area contributed by atoms with Crippen molar-refractivity contribution < 1.29 is 0 Å². The van der Waals surface area contributed by atoms with E-state index in [0.29, 0.717) is 5.41 Å². The maximum Gasteiger partial charge on any atom is -0.0266 e. The Morgan fingerprint density at radius 1 is 0.923 bits per heavy atom. The van der Waals surface area contributed by atoms with Crippen molar-refractivity contribution in [2.24, 2.45) is 76.4 Å². The summed E-state index contributed by atoms with van der Waals surface area (Å²) in [4.78, 5) is 0. The molecule has 0 aromatic rings. The molecule has 0 aromatic heterocycles. The number of hydrogen-bond acceptors (Lipinski definition) is 0. The maximum atomic E-state index is 2.72. The highest BCUT2D eigenvalue weighted by molar-refractivity contribution is 5.28. The first kappa shape index (κ1) is 18.1. The third kappa shape index (κ3) is 2.14. The van der Waals surface area contributed by atoms with Gasteiger partial charge in [0, 0.05) is 0 Å². The van der Waals surface area contributed by atoms with Crippen LogP contribution in [0.2, 0.25) is 0 Å². The standard InChI is InChI=1S/C26H44/c1-7-9-17-11-12-18-19(17)21-20(18)22-23(21)24(22)25(16(5)14(2)3)26(6)13-8-10-15(26)4/h14-25H,7-13H2,1-6H3. The van der Waals surface area contributed by atoms with Gasteiger partial charge in [0.25, 0.3) is 0 Å². The second-order valence-corrected chi connectivity index (χ2v) is 12.2. The quantitative estimate of drug-likeness (QED) is 0.469. The molecular formula is C26H44. The van der Waals surface area contributed by atoms with Crippen molar-refractivity contribution in [1.82, 2.24) is 0 Å². The summed E-state index contributed by atoms with van der Waals surface area (Å²) in [5.41, 5.74) is 0.642. The van der Waals surface area contributed by atoms with Crippen molar-refractivity contribution in [3.8, 4) is 0 Å². The molecule has 0 radical (unpaired) electrons. The lowest BCUT2D eigenvalue weighted by molar-refractivity contribution is -0.112. The lowest BCUT2D eigenvalue weighted by atomic mass is 9.46. The van der Waals surface area contributed by atoms with E-state index in [1.165, 1.54) is 67.6 Å². The average Bonchev–Trinajstić information content (AvgIpc) is 2.82. The molecule has 0 aromatic carbocycles. The molecule has 5 fully saturated rings. The molecule has 0 spiro atoms. The predicted octanol–water partition coefficient (Wildman–Crippen LogP) is 7.29. The lowest BCUT2D eigenvalue weighted by Gasteiger charge is -2.58. The smallest absolute Gasteiger partial charge is 0.0266 e. The second-order valence-electron chi connectivity index (χ2n) is 12.2. The fourth-order valence-electron chi connectivity index (χ4n) is 9.76. The van der Waals surface area contributed by atoms with Crippen molar-refractivity contribution in [1.29, 1.82) is 0 Å². The molecule has 5 saturated carbocycles. The zero-order chi connectivity index (χ0) is 18.4. The summed E-state index contributed by atoms with van der Waals surface area (Å²) in [6, 6.07) is 0. The molecule has 0 nitrogen and oxygen atoms in total. The number of hydrogen-bond donors (Lipinski definition) is 0. The Kier molecular flexibility index (Phi) is 4.16. The van der Waals surface area contributed by atoms with E-state index in [1.54, 1.807) is 12.8 Å². The van der Waals surface area contributed by atoms with Gasteiger partial charge < -0.3 is 0 Å². The predicted molar refractivity (Wildman–Crippen MR) is 111 cm³/mol. The van der Waals surface area contributed by atoms with Gasteiger partial charge in [-0.05, 0) is 95.7 Å². The molecule has 0 saturated heterocycles. The fourth-order valence-corrected chi connectivity index (χ4v) is 9.76. The molecule has 0 heteroatoms. The maximum absolute atomic E-state index is 2.72. The molecule has 0 heterocycles. The molecular weight excluding hydrogens is 312 g/mol. The third-order valence-corrected chi connectivity index (χ3v) is 11.3. The summed E-state index contributed by atoms with van der Waals surface area (Å²) in [6.45, 7) is 15.4. The monoisotopic (exact) mass is 356 g/mol. The Balaban J connectivity index is 1.38. The van der Waals surface area contributed by atoms with Crippen molar-refractivity contribution in [3.05, 3.63) is 0 Å². The van der Waals surface area contributed by atoms with E-state index >= 15 is 0 Å². The molecule has 0 amide bonds. The van der Waals surface area contributed by atoms with Gasteiger partial charge in [0.05, 0.1) is 0 Å². The van der Waals surface area contributed by atoms with Crippen LogP contribution in [0.4, 0.5) is 0 Å². The van der Waals surface area contributed by atoms with Gasteiger partial charge in [0.15, 0.2) is 0 Å². The number of fused-ring (bicyclic) bond motifs is 7. The van der Waals surface area contributed by atoms with E-state index < -0.39 is 0 Å². The van der Waals surface area contributed by atoms with Crippen LogP contribution in [0.1, 0.15) is 86.5 Å². The Labute approximate surface area is 163 Å². The molecule has 5 aliphatic rings. The Bertz CT molecular complexity index is 548. The van der Waals surface area contributed by atoms with Crippen LogP contribution >= 0.6 is 0 Å². The minimum Gasteiger partial charge on any atom is -0.0654 e. The molecule has 0 N–H and O–H groups in total. The van der Waals surface area contributed by atoms with Crippen LogP contribution in [0, 0.1) is 76.4 Å². The summed E-state index contributed by atoms with van der Waals surface area (Å²) in [5, 5.41) is 0. The van der Waals surface area contributed by atoms with Gasteiger partial charge in [0.2, 0.25) is 0 Å². The van der Waals surface area contributed by atoms with E-state index in [1.807, 2.05) is 0 Å². The first-order valence-corrected chi connectivity index (χ1v) is 12.4. The highest BCUT2D eigenvalue weighted by Crippen LogP contribution is 2.85. The van der Waals surface area contributed by atoms with Crippen LogP contribution in [0.15, 0.2) is 0 Å². The molecule has 26 heavy (non-hydrogen) atoms. The van der Waals surface area contributed by atoms with Crippen LogP contribution in [-0.4, -0.2) is 0 Å². The van der Waals surface area contributed by atoms with Gasteiger partial charge in [0.1, 0.15) is 0 Å². The summed E-state index contributed by atoms with van der Waals surface area (Å²) < 4.78 is 0. The summed E-state index contributed by atoms with van der Waals surface area (Å²) >= 11 is 0. The van der Waals surface area contributed by atoms with Crippen LogP contribution in [0.3, 0.4) is 0 Å². The van der Waals surface area contributed by atoms with E-state index in [0.717, 1.165) is 35.5 Å². The third-order valence-electron chi connectivity index (χ3n) is 11.3. The Hall–Kier alpha value is 0. The highest BCUT2D eigenvalue weighted by atomic mass is 14.9.